The molecule has 1 aliphatic heterocycles. The number of aromatic nitrogens is 1. The van der Waals surface area contributed by atoms with Crippen LogP contribution in [0.1, 0.15) is 29.3 Å². The number of furan rings is 1. The quantitative estimate of drug-likeness (QED) is 0.740. The summed E-state index contributed by atoms with van der Waals surface area (Å²) in [5.74, 6) is 0.485. The van der Waals surface area contributed by atoms with Crippen LogP contribution in [-0.4, -0.2) is 29.0 Å². The minimum atomic E-state index is -0.0342. The number of piperidine rings is 1. The molecule has 0 spiro atoms. The fourth-order valence-electron chi connectivity index (χ4n) is 3.20. The molecule has 0 bridgehead atoms. The summed E-state index contributed by atoms with van der Waals surface area (Å²) >= 11 is 1.71. The SMILES string of the molecule is Cc1coc2ccc(NC(=O)N3CCC(c4nccs4)CC3)cc12. The van der Waals surface area contributed by atoms with E-state index in [4.69, 9.17) is 4.42 Å². The molecule has 124 valence electrons. The fraction of sp³-hybridized carbons (Fsp3) is 0.333. The van der Waals surface area contributed by atoms with Gasteiger partial charge >= 0.3 is 6.03 Å². The number of thiazole rings is 1. The van der Waals surface area contributed by atoms with Crippen LogP contribution in [0.15, 0.2) is 40.5 Å². The van der Waals surface area contributed by atoms with E-state index in [-0.39, 0.29) is 6.03 Å². The van der Waals surface area contributed by atoms with Crippen LogP contribution >= 0.6 is 11.3 Å². The van der Waals surface area contributed by atoms with E-state index in [1.807, 2.05) is 41.6 Å². The zero-order valence-electron chi connectivity index (χ0n) is 13.5. The number of urea groups is 1. The number of anilines is 1. The molecule has 3 heterocycles. The predicted octanol–water partition coefficient (Wildman–Crippen LogP) is 4.61. The highest BCUT2D eigenvalue weighted by Gasteiger charge is 2.25. The van der Waals surface area contributed by atoms with Crippen molar-refractivity contribution in [3.63, 3.8) is 0 Å². The highest BCUT2D eigenvalue weighted by Crippen LogP contribution is 2.30. The Hall–Kier alpha value is -2.34. The van der Waals surface area contributed by atoms with E-state index in [9.17, 15) is 4.79 Å². The summed E-state index contributed by atoms with van der Waals surface area (Å²) in [5, 5.41) is 7.25. The second-order valence-electron chi connectivity index (χ2n) is 6.19. The zero-order chi connectivity index (χ0) is 16.5. The first kappa shape index (κ1) is 15.2. The summed E-state index contributed by atoms with van der Waals surface area (Å²) in [7, 11) is 0. The Morgan fingerprint density at radius 1 is 1.38 bits per heavy atom. The molecule has 4 rings (SSSR count). The molecule has 0 radical (unpaired) electrons. The number of nitrogens with zero attached hydrogens (tertiary/aromatic N) is 2. The largest absolute Gasteiger partial charge is 0.464 e. The minimum absolute atomic E-state index is 0.0342. The van der Waals surface area contributed by atoms with Gasteiger partial charge in [0.15, 0.2) is 0 Å². The van der Waals surface area contributed by atoms with Crippen LogP contribution in [0.3, 0.4) is 0 Å². The molecule has 0 aliphatic carbocycles. The van der Waals surface area contributed by atoms with Crippen molar-refractivity contribution in [2.24, 2.45) is 0 Å². The van der Waals surface area contributed by atoms with Gasteiger partial charge in [-0.3, -0.25) is 0 Å². The molecule has 6 heteroatoms. The van der Waals surface area contributed by atoms with Crippen LogP contribution in [0.25, 0.3) is 11.0 Å². The number of amides is 2. The summed E-state index contributed by atoms with van der Waals surface area (Å²) in [6, 6.07) is 5.71. The maximum absolute atomic E-state index is 12.5. The molecule has 1 saturated heterocycles. The number of hydrogen-bond acceptors (Lipinski definition) is 4. The molecule has 0 unspecified atom stereocenters. The molecule has 1 aromatic carbocycles. The third-order valence-corrected chi connectivity index (χ3v) is 5.54. The lowest BCUT2D eigenvalue weighted by Crippen LogP contribution is -2.40. The van der Waals surface area contributed by atoms with Gasteiger partial charge in [0.2, 0.25) is 0 Å². The summed E-state index contributed by atoms with van der Waals surface area (Å²) in [5.41, 5.74) is 2.72. The van der Waals surface area contributed by atoms with Crippen LogP contribution in [0.2, 0.25) is 0 Å². The van der Waals surface area contributed by atoms with Gasteiger partial charge in [0.1, 0.15) is 5.58 Å². The molecule has 0 atom stereocenters. The molecule has 1 N–H and O–H groups in total. The number of aryl methyl sites for hydroxylation is 1. The Bertz CT molecular complexity index is 848. The van der Waals surface area contributed by atoms with Gasteiger partial charge < -0.3 is 14.6 Å². The molecule has 3 aromatic rings. The molecule has 2 amide bonds. The zero-order valence-corrected chi connectivity index (χ0v) is 14.3. The lowest BCUT2D eigenvalue weighted by Gasteiger charge is -2.31. The van der Waals surface area contributed by atoms with E-state index < -0.39 is 0 Å². The van der Waals surface area contributed by atoms with E-state index in [1.54, 1.807) is 17.6 Å². The number of carbonyl (C=O) groups excluding carboxylic acids is 1. The third-order valence-electron chi connectivity index (χ3n) is 4.60. The van der Waals surface area contributed by atoms with E-state index in [0.29, 0.717) is 5.92 Å². The van der Waals surface area contributed by atoms with Gasteiger partial charge in [-0.15, -0.1) is 11.3 Å². The standard InChI is InChI=1S/C18H19N3O2S/c1-12-11-23-16-3-2-14(10-15(12)16)20-18(22)21-7-4-13(5-8-21)17-19-6-9-24-17/h2-3,6,9-11,13H,4-5,7-8H2,1H3,(H,20,22). The first-order chi connectivity index (χ1) is 11.7. The first-order valence-electron chi connectivity index (χ1n) is 8.14. The maximum Gasteiger partial charge on any atom is 0.321 e. The van der Waals surface area contributed by atoms with Crippen molar-refractivity contribution in [3.8, 4) is 0 Å². The number of carbonyl (C=O) groups is 1. The van der Waals surface area contributed by atoms with Gasteiger partial charge in [-0.1, -0.05) is 0 Å². The van der Waals surface area contributed by atoms with Crippen molar-refractivity contribution in [2.75, 3.05) is 18.4 Å². The Morgan fingerprint density at radius 3 is 2.96 bits per heavy atom. The van der Waals surface area contributed by atoms with E-state index in [2.05, 4.69) is 10.3 Å². The number of hydrogen-bond donors (Lipinski definition) is 1. The highest BCUT2D eigenvalue weighted by atomic mass is 32.1. The molecule has 0 saturated carbocycles. The average molecular weight is 341 g/mol. The smallest absolute Gasteiger partial charge is 0.321 e. The first-order valence-corrected chi connectivity index (χ1v) is 9.02. The molecular formula is C18H19N3O2S. The molecule has 5 nitrogen and oxygen atoms in total. The Kier molecular flexibility index (Phi) is 3.98. The minimum Gasteiger partial charge on any atom is -0.464 e. The van der Waals surface area contributed by atoms with Crippen LogP contribution in [0.5, 0.6) is 0 Å². The molecule has 2 aromatic heterocycles. The predicted molar refractivity (Wildman–Crippen MR) is 95.6 cm³/mol. The van der Waals surface area contributed by atoms with Crippen LogP contribution in [0.4, 0.5) is 10.5 Å². The maximum atomic E-state index is 12.5. The van der Waals surface area contributed by atoms with Crippen molar-refractivity contribution in [1.82, 2.24) is 9.88 Å². The van der Waals surface area contributed by atoms with Crippen LogP contribution < -0.4 is 5.32 Å². The normalized spacial score (nSPS) is 15.8. The average Bonchev–Trinajstić information content (AvgIpc) is 3.26. The van der Waals surface area contributed by atoms with Crippen LogP contribution in [-0.2, 0) is 0 Å². The number of likely N-dealkylation sites (tertiary alicyclic amines) is 1. The Labute approximate surface area is 144 Å². The Morgan fingerprint density at radius 2 is 2.21 bits per heavy atom. The van der Waals surface area contributed by atoms with Gasteiger partial charge in [0.05, 0.1) is 11.3 Å². The summed E-state index contributed by atoms with van der Waals surface area (Å²) in [6.07, 6.45) is 5.54. The second kappa shape index (κ2) is 6.28. The summed E-state index contributed by atoms with van der Waals surface area (Å²) in [4.78, 5) is 18.8. The van der Waals surface area contributed by atoms with E-state index in [1.165, 1.54) is 5.01 Å². The van der Waals surface area contributed by atoms with Crippen molar-refractivity contribution in [3.05, 3.63) is 46.6 Å². The van der Waals surface area contributed by atoms with Crippen molar-refractivity contribution in [1.29, 1.82) is 0 Å². The second-order valence-corrected chi connectivity index (χ2v) is 7.12. The molecule has 1 aliphatic rings. The molecular weight excluding hydrogens is 322 g/mol. The van der Waals surface area contributed by atoms with Gasteiger partial charge in [0.25, 0.3) is 0 Å². The van der Waals surface area contributed by atoms with Crippen LogP contribution in [0, 0.1) is 6.92 Å². The van der Waals surface area contributed by atoms with Gasteiger partial charge in [-0.05, 0) is 43.5 Å². The number of nitrogens with one attached hydrogen (secondary N) is 1. The van der Waals surface area contributed by atoms with E-state index in [0.717, 1.165) is 48.2 Å². The summed E-state index contributed by atoms with van der Waals surface area (Å²) < 4.78 is 5.44. The highest BCUT2D eigenvalue weighted by molar-refractivity contribution is 7.09. The van der Waals surface area contributed by atoms with E-state index >= 15 is 0 Å². The third kappa shape index (κ3) is 2.89. The molecule has 1 fully saturated rings. The number of rotatable bonds is 2. The monoisotopic (exact) mass is 341 g/mol. The van der Waals surface area contributed by atoms with Gasteiger partial charge in [-0.2, -0.15) is 0 Å². The topological polar surface area (TPSA) is 58.4 Å². The number of benzene rings is 1. The lowest BCUT2D eigenvalue weighted by atomic mass is 9.98. The number of fused-ring (bicyclic) bond motifs is 1. The summed E-state index contributed by atoms with van der Waals surface area (Å²) in [6.45, 7) is 3.53. The van der Waals surface area contributed by atoms with Gasteiger partial charge in [-0.25, -0.2) is 9.78 Å². The van der Waals surface area contributed by atoms with Gasteiger partial charge in [0, 0.05) is 41.7 Å². The lowest BCUT2D eigenvalue weighted by molar-refractivity contribution is 0.194. The van der Waals surface area contributed by atoms with Crippen molar-refractivity contribution < 1.29 is 9.21 Å². The van der Waals surface area contributed by atoms with Crippen molar-refractivity contribution in [2.45, 2.75) is 25.7 Å². The fourth-order valence-corrected chi connectivity index (χ4v) is 4.01. The Balaban J connectivity index is 1.40. The van der Waals surface area contributed by atoms with Crippen molar-refractivity contribution >= 4 is 34.0 Å². The molecule has 24 heavy (non-hydrogen) atoms.